The van der Waals surface area contributed by atoms with Gasteiger partial charge in [0.2, 0.25) is 5.96 Å². The average Bonchev–Trinajstić information content (AvgIpc) is 2.47. The molecule has 1 aromatic carbocycles. The van der Waals surface area contributed by atoms with Crippen LogP contribution in [0.4, 0.5) is 0 Å². The molecule has 4 N–H and O–H groups in total. The van der Waals surface area contributed by atoms with Crippen LogP contribution in [0.5, 0.6) is 11.5 Å². The van der Waals surface area contributed by atoms with E-state index in [0.717, 1.165) is 17.7 Å². The zero-order valence-corrected chi connectivity index (χ0v) is 12.7. The molecule has 6 nitrogen and oxygen atoms in total. The summed E-state index contributed by atoms with van der Waals surface area (Å²) in [5, 5.41) is 7.30. The van der Waals surface area contributed by atoms with E-state index < -0.39 is 0 Å². The molecule has 0 aliphatic heterocycles. The summed E-state index contributed by atoms with van der Waals surface area (Å²) in [4.78, 5) is 0. The van der Waals surface area contributed by atoms with Crippen LogP contribution < -0.4 is 20.9 Å². The fraction of sp³-hybridized carbons (Fsp3) is 0.467. The van der Waals surface area contributed by atoms with Gasteiger partial charge in [-0.05, 0) is 30.2 Å². The van der Waals surface area contributed by atoms with Crippen molar-refractivity contribution in [2.45, 2.75) is 32.6 Å². The Bertz CT molecular complexity index is 483. The van der Waals surface area contributed by atoms with Gasteiger partial charge >= 0.3 is 0 Å². The third-order valence-electron chi connectivity index (χ3n) is 2.82. The van der Waals surface area contributed by atoms with Crippen LogP contribution in [0.15, 0.2) is 28.4 Å². The van der Waals surface area contributed by atoms with E-state index in [1.165, 1.54) is 19.3 Å². The lowest BCUT2D eigenvalue weighted by molar-refractivity contribution is 0.285. The maximum absolute atomic E-state index is 5.74. The first-order chi connectivity index (χ1) is 10.2. The van der Waals surface area contributed by atoms with Gasteiger partial charge in [-0.3, -0.25) is 0 Å². The minimum absolute atomic E-state index is 0.0785. The number of ether oxygens (including phenoxy) is 2. The highest BCUT2D eigenvalue weighted by molar-refractivity contribution is 5.82. The Hall–Kier alpha value is -2.24. The second-order valence-corrected chi connectivity index (χ2v) is 4.59. The summed E-state index contributed by atoms with van der Waals surface area (Å²) in [6.45, 7) is 2.88. The van der Waals surface area contributed by atoms with Crippen LogP contribution in [-0.2, 0) is 0 Å². The number of benzene rings is 1. The molecule has 0 bridgehead atoms. The third kappa shape index (κ3) is 6.65. The lowest BCUT2D eigenvalue weighted by Gasteiger charge is -2.11. The first-order valence-corrected chi connectivity index (χ1v) is 7.10. The number of nitrogens with zero attached hydrogens (tertiary/aromatic N) is 2. The summed E-state index contributed by atoms with van der Waals surface area (Å²) >= 11 is 0. The Kier molecular flexibility index (Phi) is 7.71. The van der Waals surface area contributed by atoms with Crippen molar-refractivity contribution in [1.82, 2.24) is 0 Å². The van der Waals surface area contributed by atoms with Gasteiger partial charge in [-0.2, -0.15) is 5.10 Å². The number of nitrogens with two attached hydrogens (primary N) is 2. The van der Waals surface area contributed by atoms with Crippen molar-refractivity contribution in [3.05, 3.63) is 23.8 Å². The lowest BCUT2D eigenvalue weighted by Crippen LogP contribution is -2.21. The van der Waals surface area contributed by atoms with Crippen molar-refractivity contribution in [2.75, 3.05) is 13.7 Å². The first-order valence-electron chi connectivity index (χ1n) is 7.10. The molecule has 0 aliphatic rings. The van der Waals surface area contributed by atoms with Crippen molar-refractivity contribution in [1.29, 1.82) is 0 Å². The van der Waals surface area contributed by atoms with Crippen LogP contribution in [0.3, 0.4) is 0 Å². The highest BCUT2D eigenvalue weighted by Crippen LogP contribution is 2.27. The third-order valence-corrected chi connectivity index (χ3v) is 2.82. The average molecular weight is 292 g/mol. The molecule has 21 heavy (non-hydrogen) atoms. The van der Waals surface area contributed by atoms with Crippen LogP contribution in [0.1, 0.15) is 38.2 Å². The highest BCUT2D eigenvalue weighted by atomic mass is 16.5. The van der Waals surface area contributed by atoms with Crippen molar-refractivity contribution in [3.8, 4) is 11.5 Å². The Labute approximate surface area is 125 Å². The number of hydrogen-bond donors (Lipinski definition) is 2. The highest BCUT2D eigenvalue weighted by Gasteiger charge is 2.04. The first kappa shape index (κ1) is 16.8. The topological polar surface area (TPSA) is 95.2 Å². The summed E-state index contributed by atoms with van der Waals surface area (Å²) in [6, 6.07) is 5.55. The molecule has 0 aliphatic carbocycles. The Balaban J connectivity index is 2.62. The van der Waals surface area contributed by atoms with Crippen LogP contribution in [0.25, 0.3) is 0 Å². The molecule has 0 fully saturated rings. The zero-order chi connectivity index (χ0) is 15.5. The molecule has 0 spiro atoms. The summed E-state index contributed by atoms with van der Waals surface area (Å²) in [5.74, 6) is 1.32. The predicted molar refractivity (Wildman–Crippen MR) is 86.0 cm³/mol. The van der Waals surface area contributed by atoms with E-state index in [-0.39, 0.29) is 5.96 Å². The van der Waals surface area contributed by atoms with Gasteiger partial charge in [0.1, 0.15) is 0 Å². The molecule has 1 rings (SSSR count). The molecule has 0 heterocycles. The van der Waals surface area contributed by atoms with Gasteiger partial charge in [-0.1, -0.05) is 26.2 Å². The van der Waals surface area contributed by atoms with E-state index in [1.54, 1.807) is 13.3 Å². The SMILES string of the molecule is CCCCCCOc1ccc(C=NN=C(N)N)cc1OC. The quantitative estimate of drug-likeness (QED) is 0.316. The molecule has 0 radical (unpaired) electrons. The molecule has 116 valence electrons. The van der Waals surface area contributed by atoms with E-state index in [9.17, 15) is 0 Å². The van der Waals surface area contributed by atoms with Crippen LogP contribution in [-0.4, -0.2) is 25.9 Å². The fourth-order valence-electron chi connectivity index (χ4n) is 1.76. The summed E-state index contributed by atoms with van der Waals surface area (Å²) < 4.78 is 11.1. The molecular weight excluding hydrogens is 268 g/mol. The molecular formula is C15H24N4O2. The van der Waals surface area contributed by atoms with Crippen molar-refractivity contribution < 1.29 is 9.47 Å². The minimum atomic E-state index is -0.0785. The van der Waals surface area contributed by atoms with E-state index >= 15 is 0 Å². The molecule has 0 aromatic heterocycles. The van der Waals surface area contributed by atoms with Crippen molar-refractivity contribution in [3.63, 3.8) is 0 Å². The van der Waals surface area contributed by atoms with Gasteiger partial charge in [0.25, 0.3) is 0 Å². The summed E-state index contributed by atoms with van der Waals surface area (Å²) in [7, 11) is 1.61. The maximum Gasteiger partial charge on any atom is 0.211 e. The standard InChI is InChI=1S/C15H24N4O2/c1-3-4-5-6-9-21-13-8-7-12(10-14(13)20-2)11-18-19-15(16)17/h7-8,10-11H,3-6,9H2,1-2H3,(H4,16,17,19). The van der Waals surface area contributed by atoms with Crippen molar-refractivity contribution >= 4 is 12.2 Å². The van der Waals surface area contributed by atoms with E-state index in [4.69, 9.17) is 20.9 Å². The van der Waals surface area contributed by atoms with Crippen LogP contribution in [0, 0.1) is 0 Å². The normalized spacial score (nSPS) is 10.6. The van der Waals surface area contributed by atoms with Gasteiger partial charge in [0.05, 0.1) is 19.9 Å². The molecule has 0 unspecified atom stereocenters. The van der Waals surface area contributed by atoms with E-state index in [2.05, 4.69) is 17.1 Å². The minimum Gasteiger partial charge on any atom is -0.493 e. The molecule has 6 heteroatoms. The molecule has 0 atom stereocenters. The second-order valence-electron chi connectivity index (χ2n) is 4.59. The number of unbranched alkanes of at least 4 members (excludes halogenated alkanes) is 3. The monoisotopic (exact) mass is 292 g/mol. The van der Waals surface area contributed by atoms with Gasteiger partial charge < -0.3 is 20.9 Å². The number of methoxy groups -OCH3 is 1. The Morgan fingerprint density at radius 3 is 2.67 bits per heavy atom. The Morgan fingerprint density at radius 2 is 2.00 bits per heavy atom. The number of rotatable bonds is 9. The summed E-state index contributed by atoms with van der Waals surface area (Å²) in [6.07, 6.45) is 6.23. The second kappa shape index (κ2) is 9.63. The largest absolute Gasteiger partial charge is 0.493 e. The smallest absolute Gasteiger partial charge is 0.211 e. The van der Waals surface area contributed by atoms with Crippen LogP contribution in [0.2, 0.25) is 0 Å². The maximum atomic E-state index is 5.74. The van der Waals surface area contributed by atoms with Gasteiger partial charge in [0, 0.05) is 0 Å². The predicted octanol–water partition coefficient (Wildman–Crippen LogP) is 2.26. The van der Waals surface area contributed by atoms with Crippen molar-refractivity contribution in [2.24, 2.45) is 21.7 Å². The molecule has 0 saturated carbocycles. The lowest BCUT2D eigenvalue weighted by atomic mass is 10.2. The number of hydrogen-bond acceptors (Lipinski definition) is 4. The zero-order valence-electron chi connectivity index (χ0n) is 12.7. The van der Waals surface area contributed by atoms with Crippen LogP contribution >= 0.6 is 0 Å². The molecule has 0 amide bonds. The number of guanidine groups is 1. The van der Waals surface area contributed by atoms with Gasteiger partial charge in [0.15, 0.2) is 11.5 Å². The summed E-state index contributed by atoms with van der Waals surface area (Å²) in [5.41, 5.74) is 11.2. The molecule has 0 saturated heterocycles. The van der Waals surface area contributed by atoms with Gasteiger partial charge in [-0.25, -0.2) is 0 Å². The van der Waals surface area contributed by atoms with E-state index in [1.807, 2.05) is 18.2 Å². The molecule has 1 aromatic rings. The fourth-order valence-corrected chi connectivity index (χ4v) is 1.76. The van der Waals surface area contributed by atoms with Gasteiger partial charge in [-0.15, -0.1) is 5.10 Å². The Morgan fingerprint density at radius 1 is 1.19 bits per heavy atom. The van der Waals surface area contributed by atoms with E-state index in [0.29, 0.717) is 12.4 Å².